The molecule has 2 unspecified atom stereocenters. The van der Waals surface area contributed by atoms with Crippen molar-refractivity contribution in [3.63, 3.8) is 0 Å². The number of carbonyl (C=O) groups is 2. The monoisotopic (exact) mass is 591 g/mol. The first-order valence-electron chi connectivity index (χ1n) is 14.7. The molecule has 0 saturated carbocycles. The Bertz CT molecular complexity index is 1380. The zero-order valence-corrected chi connectivity index (χ0v) is 25.5. The van der Waals surface area contributed by atoms with Gasteiger partial charge in [-0.3, -0.25) is 4.79 Å². The van der Waals surface area contributed by atoms with Gasteiger partial charge >= 0.3 is 6.09 Å². The molecule has 4 rings (SSSR count). The normalized spacial score (nSPS) is 16.6. The van der Waals surface area contributed by atoms with Crippen LogP contribution >= 0.6 is 11.6 Å². The lowest BCUT2D eigenvalue weighted by Crippen LogP contribution is -2.48. The average Bonchev–Trinajstić information content (AvgIpc) is 3.02. The number of hydrogen-bond donors (Lipinski definition) is 3. The molecule has 4 N–H and O–H groups in total. The Morgan fingerprint density at radius 2 is 1.88 bits per heavy atom. The van der Waals surface area contributed by atoms with E-state index in [1.807, 2.05) is 59.5 Å². The molecule has 1 heterocycles. The van der Waals surface area contributed by atoms with Gasteiger partial charge in [0.1, 0.15) is 0 Å². The lowest BCUT2D eigenvalue weighted by atomic mass is 9.72. The molecule has 2 amide bonds. The zero-order chi connectivity index (χ0) is 30.3. The van der Waals surface area contributed by atoms with Crippen molar-refractivity contribution in [1.29, 1.82) is 0 Å². The number of nitrogens with two attached hydrogens (primary N) is 1. The highest BCUT2D eigenvalue weighted by Crippen LogP contribution is 2.46. The van der Waals surface area contributed by atoms with Crippen LogP contribution in [0.15, 0.2) is 66.7 Å². The first-order chi connectivity index (χ1) is 20.2. The maximum atomic E-state index is 13.6. The molecule has 0 bridgehead atoms. The Morgan fingerprint density at radius 3 is 2.57 bits per heavy atom. The summed E-state index contributed by atoms with van der Waals surface area (Å²) in [4.78, 5) is 27.1. The number of aliphatic hydroxyl groups is 1. The SMILES string of the molecule is COC(=O)NCCCC(O)(c1cccc(Cl)c1-c1cccc(C(C)C)c1)C1CCCN(C(=O)c2ccc(CN)cc2)C1. The van der Waals surface area contributed by atoms with Crippen molar-refractivity contribution in [2.75, 3.05) is 26.7 Å². The van der Waals surface area contributed by atoms with Crippen LogP contribution < -0.4 is 11.1 Å². The topological polar surface area (TPSA) is 105 Å². The van der Waals surface area contributed by atoms with Gasteiger partial charge in [-0.25, -0.2) is 4.79 Å². The number of hydrogen-bond acceptors (Lipinski definition) is 5. The van der Waals surface area contributed by atoms with Crippen molar-refractivity contribution in [2.45, 2.75) is 57.6 Å². The van der Waals surface area contributed by atoms with Crippen LogP contribution in [0.5, 0.6) is 0 Å². The first kappa shape index (κ1) is 31.5. The van der Waals surface area contributed by atoms with Gasteiger partial charge in [0.2, 0.25) is 0 Å². The van der Waals surface area contributed by atoms with Gasteiger partial charge in [-0.05, 0) is 72.1 Å². The number of rotatable bonds is 10. The summed E-state index contributed by atoms with van der Waals surface area (Å²) in [5.74, 6) is 0.0204. The molecular formula is C34H42ClN3O4. The molecule has 0 spiro atoms. The maximum absolute atomic E-state index is 13.6. The second-order valence-electron chi connectivity index (χ2n) is 11.4. The van der Waals surface area contributed by atoms with Gasteiger partial charge in [-0.15, -0.1) is 0 Å². The Balaban J connectivity index is 1.72. The lowest BCUT2D eigenvalue weighted by molar-refractivity contribution is -0.0563. The Morgan fingerprint density at radius 1 is 1.14 bits per heavy atom. The number of likely N-dealkylation sites (tertiary alicyclic amines) is 1. The zero-order valence-electron chi connectivity index (χ0n) is 24.7. The minimum absolute atomic E-state index is 0.0612. The van der Waals surface area contributed by atoms with E-state index in [4.69, 9.17) is 22.1 Å². The van der Waals surface area contributed by atoms with E-state index in [9.17, 15) is 14.7 Å². The molecule has 1 saturated heterocycles. The predicted octanol–water partition coefficient (Wildman–Crippen LogP) is 6.47. The van der Waals surface area contributed by atoms with Crippen LogP contribution in [0.2, 0.25) is 5.02 Å². The third-order valence-electron chi connectivity index (χ3n) is 8.33. The van der Waals surface area contributed by atoms with Crippen molar-refractivity contribution >= 4 is 23.6 Å². The fourth-order valence-electron chi connectivity index (χ4n) is 5.93. The summed E-state index contributed by atoms with van der Waals surface area (Å²) in [6, 6.07) is 21.3. The molecule has 224 valence electrons. The van der Waals surface area contributed by atoms with Gasteiger partial charge in [0.15, 0.2) is 0 Å². The first-order valence-corrected chi connectivity index (χ1v) is 15.1. The minimum atomic E-state index is -1.31. The third-order valence-corrected chi connectivity index (χ3v) is 8.65. The van der Waals surface area contributed by atoms with E-state index in [1.165, 1.54) is 12.7 Å². The van der Waals surface area contributed by atoms with Gasteiger partial charge in [0.25, 0.3) is 5.91 Å². The molecule has 0 aliphatic carbocycles. The lowest BCUT2D eigenvalue weighted by Gasteiger charge is -2.44. The van der Waals surface area contributed by atoms with E-state index in [-0.39, 0.29) is 11.8 Å². The van der Waals surface area contributed by atoms with Crippen molar-refractivity contribution < 1.29 is 19.4 Å². The maximum Gasteiger partial charge on any atom is 0.406 e. The van der Waals surface area contributed by atoms with Crippen LogP contribution in [0.25, 0.3) is 11.1 Å². The van der Waals surface area contributed by atoms with Crippen molar-refractivity contribution in [3.05, 3.63) is 94.0 Å². The van der Waals surface area contributed by atoms with Crippen molar-refractivity contribution in [2.24, 2.45) is 11.7 Å². The fourth-order valence-corrected chi connectivity index (χ4v) is 6.21. The van der Waals surface area contributed by atoms with E-state index in [2.05, 4.69) is 31.3 Å². The smallest absolute Gasteiger partial charge is 0.406 e. The highest BCUT2D eigenvalue weighted by Gasteiger charge is 2.43. The summed E-state index contributed by atoms with van der Waals surface area (Å²) in [6.07, 6.45) is 1.87. The highest BCUT2D eigenvalue weighted by atomic mass is 35.5. The van der Waals surface area contributed by atoms with Crippen LogP contribution in [0.4, 0.5) is 4.79 Å². The average molecular weight is 592 g/mol. The van der Waals surface area contributed by atoms with Crippen LogP contribution in [-0.4, -0.2) is 48.8 Å². The Kier molecular flexibility index (Phi) is 10.7. The number of ether oxygens (including phenoxy) is 1. The van der Waals surface area contributed by atoms with Crippen LogP contribution in [0.3, 0.4) is 0 Å². The van der Waals surface area contributed by atoms with Crippen LogP contribution in [0, 0.1) is 5.92 Å². The number of nitrogens with zero attached hydrogens (tertiary/aromatic N) is 1. The molecule has 7 nitrogen and oxygen atoms in total. The van der Waals surface area contributed by atoms with E-state index in [1.54, 1.807) is 0 Å². The van der Waals surface area contributed by atoms with Crippen molar-refractivity contribution in [1.82, 2.24) is 10.2 Å². The summed E-state index contributed by atoms with van der Waals surface area (Å²) in [6.45, 7) is 6.07. The summed E-state index contributed by atoms with van der Waals surface area (Å²) >= 11 is 6.89. The number of carbonyl (C=O) groups excluding carboxylic acids is 2. The quantitative estimate of drug-likeness (QED) is 0.235. The predicted molar refractivity (Wildman–Crippen MR) is 167 cm³/mol. The number of amides is 2. The largest absolute Gasteiger partial charge is 0.453 e. The highest BCUT2D eigenvalue weighted by molar-refractivity contribution is 6.33. The number of alkyl carbamates (subject to hydrolysis) is 1. The molecule has 1 fully saturated rings. The second kappa shape index (κ2) is 14.2. The number of nitrogens with one attached hydrogen (secondary N) is 1. The van der Waals surface area contributed by atoms with Crippen LogP contribution in [-0.2, 0) is 16.9 Å². The van der Waals surface area contributed by atoms with Gasteiger partial charge in [0.05, 0.1) is 12.7 Å². The molecule has 0 aromatic heterocycles. The molecular weight excluding hydrogens is 550 g/mol. The third kappa shape index (κ3) is 7.14. The molecule has 3 aromatic rings. The van der Waals surface area contributed by atoms with E-state index >= 15 is 0 Å². The fraction of sp³-hybridized carbons (Fsp3) is 0.412. The standard InChI is InChI=1S/C34H42ClN3O4/c1-23(2)26-8-4-9-27(20-26)31-29(11-5-12-30(31)35)34(41,17-7-18-37-33(40)42-3)28-10-6-19-38(22-28)32(39)25-15-13-24(21-36)14-16-25/h4-5,8-9,11-16,20,23,28,41H,6-7,10,17-19,21-22,36H2,1-3H3,(H,37,40). The van der Waals surface area contributed by atoms with E-state index in [0.717, 1.165) is 35.1 Å². The van der Waals surface area contributed by atoms with Gasteiger partial charge < -0.3 is 25.8 Å². The number of methoxy groups -OCH3 is 1. The number of piperidine rings is 1. The summed E-state index contributed by atoms with van der Waals surface area (Å²) in [5, 5.41) is 16.0. The molecule has 3 aromatic carbocycles. The van der Waals surface area contributed by atoms with Gasteiger partial charge in [0, 0.05) is 48.2 Å². The second-order valence-corrected chi connectivity index (χ2v) is 11.8. The summed E-state index contributed by atoms with van der Waals surface area (Å²) in [5.41, 5.74) is 9.65. The molecule has 1 aliphatic heterocycles. The van der Waals surface area contributed by atoms with E-state index < -0.39 is 11.7 Å². The summed E-state index contributed by atoms with van der Waals surface area (Å²) in [7, 11) is 1.33. The molecule has 0 radical (unpaired) electrons. The molecule has 8 heteroatoms. The number of halogens is 1. The molecule has 42 heavy (non-hydrogen) atoms. The van der Waals surface area contributed by atoms with Gasteiger partial charge in [-0.1, -0.05) is 74.0 Å². The molecule has 2 atom stereocenters. The van der Waals surface area contributed by atoms with Gasteiger partial charge in [-0.2, -0.15) is 0 Å². The Hall–Kier alpha value is -3.39. The Labute approximate surface area is 254 Å². The van der Waals surface area contributed by atoms with Crippen LogP contribution in [0.1, 0.15) is 72.5 Å². The van der Waals surface area contributed by atoms with E-state index in [0.29, 0.717) is 55.5 Å². The minimum Gasteiger partial charge on any atom is -0.453 e. The molecule has 1 aliphatic rings. The number of benzene rings is 3. The summed E-state index contributed by atoms with van der Waals surface area (Å²) < 4.78 is 4.72. The van der Waals surface area contributed by atoms with Crippen molar-refractivity contribution in [3.8, 4) is 11.1 Å².